The summed E-state index contributed by atoms with van der Waals surface area (Å²) in [7, 11) is 0. The summed E-state index contributed by atoms with van der Waals surface area (Å²) in [6.45, 7) is 5.79. The first-order chi connectivity index (χ1) is 7.09. The van der Waals surface area contributed by atoms with Crippen molar-refractivity contribution in [1.29, 1.82) is 0 Å². The van der Waals surface area contributed by atoms with Crippen LogP contribution in [0.25, 0.3) is 0 Å². The number of rotatable bonds is 3. The van der Waals surface area contributed by atoms with Gasteiger partial charge in [0.2, 0.25) is 0 Å². The summed E-state index contributed by atoms with van der Waals surface area (Å²) in [5, 5.41) is 9.87. The van der Waals surface area contributed by atoms with Crippen LogP contribution in [-0.4, -0.2) is 22.1 Å². The van der Waals surface area contributed by atoms with Crippen molar-refractivity contribution in [3.63, 3.8) is 0 Å². The highest BCUT2D eigenvalue weighted by Gasteiger charge is 2.29. The zero-order valence-electron chi connectivity index (χ0n) is 9.42. The van der Waals surface area contributed by atoms with E-state index in [1.807, 2.05) is 13.8 Å². The molecule has 1 saturated carbocycles. The van der Waals surface area contributed by atoms with Crippen molar-refractivity contribution in [1.82, 2.24) is 15.5 Å². The molecule has 2 rings (SSSR count). The molecule has 1 atom stereocenters. The van der Waals surface area contributed by atoms with E-state index in [-0.39, 0.29) is 11.9 Å². The van der Waals surface area contributed by atoms with Crippen LogP contribution in [0.4, 0.5) is 0 Å². The van der Waals surface area contributed by atoms with E-state index in [9.17, 15) is 4.79 Å². The van der Waals surface area contributed by atoms with Gasteiger partial charge in [-0.05, 0) is 39.5 Å². The quantitative estimate of drug-likeness (QED) is 0.790. The molecule has 1 heterocycles. The number of carbonyl (C=O) groups excluding carboxylic acids is 1. The van der Waals surface area contributed by atoms with E-state index >= 15 is 0 Å². The maximum Gasteiger partial charge on any atom is 0.255 e. The number of aromatic nitrogens is 2. The second-order valence-electron chi connectivity index (χ2n) is 4.41. The van der Waals surface area contributed by atoms with Crippen molar-refractivity contribution in [3.8, 4) is 0 Å². The summed E-state index contributed by atoms with van der Waals surface area (Å²) in [6, 6.07) is 0.284. The van der Waals surface area contributed by atoms with Crippen LogP contribution in [0.3, 0.4) is 0 Å². The minimum absolute atomic E-state index is 0.00171. The fraction of sp³-hybridized carbons (Fsp3) is 0.636. The van der Waals surface area contributed by atoms with Crippen molar-refractivity contribution in [2.45, 2.75) is 39.7 Å². The van der Waals surface area contributed by atoms with E-state index in [0.29, 0.717) is 11.5 Å². The van der Waals surface area contributed by atoms with Crippen LogP contribution in [0.1, 0.15) is 41.5 Å². The van der Waals surface area contributed by atoms with Crippen molar-refractivity contribution in [2.75, 3.05) is 0 Å². The Morgan fingerprint density at radius 2 is 2.20 bits per heavy atom. The lowest BCUT2D eigenvalue weighted by molar-refractivity contribution is 0.0934. The molecule has 1 aliphatic rings. The molecule has 82 valence electrons. The largest absolute Gasteiger partial charge is 0.349 e. The van der Waals surface area contributed by atoms with E-state index in [1.54, 1.807) is 0 Å². The van der Waals surface area contributed by atoms with Crippen molar-refractivity contribution in [3.05, 3.63) is 17.0 Å². The van der Waals surface area contributed by atoms with E-state index in [2.05, 4.69) is 22.4 Å². The lowest BCUT2D eigenvalue weighted by Gasteiger charge is -2.12. The number of nitrogens with one attached hydrogen (secondary N) is 2. The number of hydrogen-bond donors (Lipinski definition) is 2. The lowest BCUT2D eigenvalue weighted by atomic mass is 10.1. The van der Waals surface area contributed by atoms with Gasteiger partial charge in [0.15, 0.2) is 0 Å². The molecule has 4 nitrogen and oxygen atoms in total. The van der Waals surface area contributed by atoms with Crippen LogP contribution < -0.4 is 5.32 Å². The van der Waals surface area contributed by atoms with Gasteiger partial charge in [-0.15, -0.1) is 0 Å². The Bertz CT molecular complexity index is 360. The zero-order valence-corrected chi connectivity index (χ0v) is 9.42. The summed E-state index contributed by atoms with van der Waals surface area (Å²) >= 11 is 0. The number of amides is 1. The lowest BCUT2D eigenvalue weighted by Crippen LogP contribution is -2.34. The number of carbonyl (C=O) groups is 1. The molecule has 1 fully saturated rings. The number of hydrogen-bond acceptors (Lipinski definition) is 2. The number of nitrogens with zero attached hydrogens (tertiary/aromatic N) is 1. The minimum Gasteiger partial charge on any atom is -0.349 e. The standard InChI is InChI=1S/C11H17N3O/c1-6(9-4-5-9)12-11(15)10-7(2)13-14-8(10)3/h6,9H,4-5H2,1-3H3,(H,12,15)(H,13,14). The Balaban J connectivity index is 2.06. The number of H-pyrrole nitrogens is 1. The molecule has 15 heavy (non-hydrogen) atoms. The van der Waals surface area contributed by atoms with E-state index in [0.717, 1.165) is 11.4 Å². The number of aryl methyl sites for hydroxylation is 2. The summed E-state index contributed by atoms with van der Waals surface area (Å²) in [5.41, 5.74) is 2.31. The van der Waals surface area contributed by atoms with E-state index in [4.69, 9.17) is 0 Å². The molecule has 1 amide bonds. The van der Waals surface area contributed by atoms with Crippen molar-refractivity contribution < 1.29 is 4.79 Å². The van der Waals surface area contributed by atoms with E-state index < -0.39 is 0 Å². The van der Waals surface area contributed by atoms with Crippen LogP contribution in [0.15, 0.2) is 0 Å². The maximum absolute atomic E-state index is 11.9. The molecule has 0 aromatic carbocycles. The summed E-state index contributed by atoms with van der Waals surface area (Å²) in [4.78, 5) is 11.9. The molecular formula is C11H17N3O. The van der Waals surface area contributed by atoms with Crippen LogP contribution in [0.2, 0.25) is 0 Å². The van der Waals surface area contributed by atoms with Gasteiger partial charge in [0.25, 0.3) is 5.91 Å². The third-order valence-corrected chi connectivity index (χ3v) is 3.04. The van der Waals surface area contributed by atoms with E-state index in [1.165, 1.54) is 12.8 Å². The van der Waals surface area contributed by atoms with Crippen molar-refractivity contribution in [2.24, 2.45) is 5.92 Å². The average Bonchev–Trinajstić information content (AvgIpc) is 2.94. The van der Waals surface area contributed by atoms with Gasteiger partial charge in [-0.1, -0.05) is 0 Å². The van der Waals surface area contributed by atoms with Gasteiger partial charge in [-0.3, -0.25) is 9.89 Å². The third-order valence-electron chi connectivity index (χ3n) is 3.04. The summed E-state index contributed by atoms with van der Waals surface area (Å²) in [6.07, 6.45) is 2.48. The average molecular weight is 207 g/mol. The molecular weight excluding hydrogens is 190 g/mol. The van der Waals surface area contributed by atoms with Gasteiger partial charge in [0, 0.05) is 11.7 Å². The van der Waals surface area contributed by atoms with Gasteiger partial charge in [0.1, 0.15) is 0 Å². The fourth-order valence-corrected chi connectivity index (χ4v) is 1.88. The summed E-state index contributed by atoms with van der Waals surface area (Å²) in [5.74, 6) is 0.680. The Labute approximate surface area is 89.5 Å². The molecule has 0 aliphatic heterocycles. The van der Waals surface area contributed by atoms with Gasteiger partial charge in [-0.25, -0.2) is 0 Å². The Morgan fingerprint density at radius 3 is 2.67 bits per heavy atom. The first kappa shape index (κ1) is 10.2. The second kappa shape index (κ2) is 3.68. The van der Waals surface area contributed by atoms with Gasteiger partial charge < -0.3 is 5.32 Å². The normalized spacial score (nSPS) is 17.5. The Kier molecular flexibility index (Phi) is 2.50. The van der Waals surface area contributed by atoms with Gasteiger partial charge >= 0.3 is 0 Å². The smallest absolute Gasteiger partial charge is 0.255 e. The SMILES string of the molecule is Cc1n[nH]c(C)c1C(=O)NC(C)C1CC1. The predicted octanol–water partition coefficient (Wildman–Crippen LogP) is 1.55. The van der Waals surface area contributed by atoms with Crippen molar-refractivity contribution >= 4 is 5.91 Å². The summed E-state index contributed by atoms with van der Waals surface area (Å²) < 4.78 is 0. The topological polar surface area (TPSA) is 57.8 Å². The highest BCUT2D eigenvalue weighted by atomic mass is 16.1. The molecule has 0 radical (unpaired) electrons. The molecule has 2 N–H and O–H groups in total. The molecule has 0 saturated heterocycles. The third kappa shape index (κ3) is 2.03. The zero-order chi connectivity index (χ0) is 11.0. The first-order valence-electron chi connectivity index (χ1n) is 5.42. The van der Waals surface area contributed by atoms with Crippen LogP contribution in [0.5, 0.6) is 0 Å². The predicted molar refractivity (Wildman–Crippen MR) is 57.7 cm³/mol. The molecule has 0 spiro atoms. The molecule has 1 aliphatic carbocycles. The Morgan fingerprint density at radius 1 is 1.53 bits per heavy atom. The first-order valence-corrected chi connectivity index (χ1v) is 5.42. The molecule has 4 heteroatoms. The Hall–Kier alpha value is -1.32. The maximum atomic E-state index is 11.9. The monoisotopic (exact) mass is 207 g/mol. The molecule has 1 aromatic rings. The fourth-order valence-electron chi connectivity index (χ4n) is 1.88. The molecule has 1 aromatic heterocycles. The van der Waals surface area contributed by atoms with Gasteiger partial charge in [0.05, 0.1) is 11.3 Å². The van der Waals surface area contributed by atoms with Crippen LogP contribution in [0, 0.1) is 19.8 Å². The molecule has 1 unspecified atom stereocenters. The van der Waals surface area contributed by atoms with Crippen LogP contribution >= 0.6 is 0 Å². The minimum atomic E-state index is -0.00171. The van der Waals surface area contributed by atoms with Crippen LogP contribution in [-0.2, 0) is 0 Å². The second-order valence-corrected chi connectivity index (χ2v) is 4.41. The molecule has 0 bridgehead atoms. The highest BCUT2D eigenvalue weighted by Crippen LogP contribution is 2.32. The number of aromatic amines is 1. The highest BCUT2D eigenvalue weighted by molar-refractivity contribution is 5.96. The van der Waals surface area contributed by atoms with Gasteiger partial charge in [-0.2, -0.15) is 5.10 Å².